The Morgan fingerprint density at radius 1 is 1.04 bits per heavy atom. The second kappa shape index (κ2) is 8.34. The molecule has 1 amide bonds. The van der Waals surface area contributed by atoms with E-state index in [1.165, 1.54) is 24.0 Å². The molecule has 1 aromatic carbocycles. The molecule has 2 aliphatic rings. The monoisotopic (exact) mass is 378 g/mol. The summed E-state index contributed by atoms with van der Waals surface area (Å²) < 4.78 is 5.27. The van der Waals surface area contributed by atoms with Gasteiger partial charge in [0, 0.05) is 36.3 Å². The molecule has 4 rings (SSSR count). The van der Waals surface area contributed by atoms with Crippen LogP contribution in [-0.4, -0.2) is 36.0 Å². The van der Waals surface area contributed by atoms with Crippen LogP contribution in [0.2, 0.25) is 0 Å². The zero-order chi connectivity index (χ0) is 19.5. The second-order valence-electron chi connectivity index (χ2n) is 8.26. The molecular formula is C24H30N2O2. The van der Waals surface area contributed by atoms with E-state index in [2.05, 4.69) is 36.1 Å². The van der Waals surface area contributed by atoms with Gasteiger partial charge in [0.15, 0.2) is 0 Å². The van der Waals surface area contributed by atoms with Crippen molar-refractivity contribution in [3.8, 4) is 16.9 Å². The average Bonchev–Trinajstić information content (AvgIpc) is 3.28. The minimum atomic E-state index is 0.263. The maximum Gasteiger partial charge on any atom is 0.225 e. The topological polar surface area (TPSA) is 42.4 Å². The van der Waals surface area contributed by atoms with Gasteiger partial charge < -0.3 is 9.64 Å². The molecule has 28 heavy (non-hydrogen) atoms. The summed E-state index contributed by atoms with van der Waals surface area (Å²) in [7, 11) is 1.69. The first kappa shape index (κ1) is 19.0. The summed E-state index contributed by atoms with van der Waals surface area (Å²) in [6, 6.07) is 12.5. The third kappa shape index (κ3) is 4.06. The van der Waals surface area contributed by atoms with E-state index < -0.39 is 0 Å². The molecule has 1 aliphatic heterocycles. The van der Waals surface area contributed by atoms with Gasteiger partial charge in [-0.2, -0.15) is 0 Å². The van der Waals surface area contributed by atoms with Gasteiger partial charge in [-0.3, -0.25) is 9.78 Å². The van der Waals surface area contributed by atoms with E-state index in [-0.39, 0.29) is 5.92 Å². The quantitative estimate of drug-likeness (QED) is 0.755. The predicted molar refractivity (Wildman–Crippen MR) is 111 cm³/mol. The number of hydrogen-bond donors (Lipinski definition) is 0. The molecular weight excluding hydrogens is 348 g/mol. The van der Waals surface area contributed by atoms with Crippen molar-refractivity contribution in [1.29, 1.82) is 0 Å². The Morgan fingerprint density at radius 3 is 2.50 bits per heavy atom. The Bertz CT molecular complexity index is 825. The van der Waals surface area contributed by atoms with Gasteiger partial charge in [-0.25, -0.2) is 0 Å². The fraction of sp³-hybridized carbons (Fsp3) is 0.500. The molecule has 4 heteroatoms. The SMILES string of the molecule is COc1ccc(-c2cc(C)nc([C@H]3CCCN(C(=O)C4CCCC4)C3)c2)cc1. The van der Waals surface area contributed by atoms with Crippen molar-refractivity contribution in [3.63, 3.8) is 0 Å². The summed E-state index contributed by atoms with van der Waals surface area (Å²) in [6.07, 6.45) is 6.73. The maximum atomic E-state index is 12.9. The van der Waals surface area contributed by atoms with Gasteiger partial charge in [-0.15, -0.1) is 0 Å². The Balaban J connectivity index is 1.54. The van der Waals surface area contributed by atoms with Gasteiger partial charge in [0.1, 0.15) is 5.75 Å². The molecule has 1 aliphatic carbocycles. The lowest BCUT2D eigenvalue weighted by atomic mass is 9.91. The summed E-state index contributed by atoms with van der Waals surface area (Å²) in [6.45, 7) is 3.78. The van der Waals surface area contributed by atoms with E-state index in [0.717, 1.165) is 55.9 Å². The number of carbonyl (C=O) groups is 1. The van der Waals surface area contributed by atoms with Crippen LogP contribution in [-0.2, 0) is 4.79 Å². The number of pyridine rings is 1. The smallest absolute Gasteiger partial charge is 0.225 e. The molecule has 2 fully saturated rings. The zero-order valence-corrected chi connectivity index (χ0v) is 17.0. The van der Waals surface area contributed by atoms with Crippen molar-refractivity contribution in [2.75, 3.05) is 20.2 Å². The Morgan fingerprint density at radius 2 is 1.79 bits per heavy atom. The van der Waals surface area contributed by atoms with Crippen molar-refractivity contribution < 1.29 is 9.53 Å². The van der Waals surface area contributed by atoms with Crippen LogP contribution in [0.3, 0.4) is 0 Å². The number of benzene rings is 1. The lowest BCUT2D eigenvalue weighted by Gasteiger charge is -2.34. The van der Waals surface area contributed by atoms with E-state index in [1.807, 2.05) is 12.1 Å². The third-order valence-electron chi connectivity index (χ3n) is 6.25. The predicted octanol–water partition coefficient (Wildman–Crippen LogP) is 4.96. The fourth-order valence-corrected chi connectivity index (χ4v) is 4.70. The molecule has 1 saturated carbocycles. The number of rotatable bonds is 4. The van der Waals surface area contributed by atoms with Crippen molar-refractivity contribution in [1.82, 2.24) is 9.88 Å². The Labute approximate surface area is 167 Å². The van der Waals surface area contributed by atoms with Crippen LogP contribution < -0.4 is 4.74 Å². The molecule has 1 aromatic heterocycles. The van der Waals surface area contributed by atoms with Crippen molar-refractivity contribution in [2.45, 2.75) is 51.4 Å². The van der Waals surface area contributed by atoms with Crippen molar-refractivity contribution >= 4 is 5.91 Å². The molecule has 0 N–H and O–H groups in total. The van der Waals surface area contributed by atoms with Crippen molar-refractivity contribution in [2.24, 2.45) is 5.92 Å². The van der Waals surface area contributed by atoms with Gasteiger partial charge in [0.25, 0.3) is 0 Å². The summed E-state index contributed by atoms with van der Waals surface area (Å²) in [5, 5.41) is 0. The van der Waals surface area contributed by atoms with E-state index >= 15 is 0 Å². The molecule has 0 spiro atoms. The molecule has 2 aromatic rings. The highest BCUT2D eigenvalue weighted by Crippen LogP contribution is 2.33. The van der Waals surface area contributed by atoms with Crippen LogP contribution in [0.25, 0.3) is 11.1 Å². The lowest BCUT2D eigenvalue weighted by Crippen LogP contribution is -2.42. The minimum Gasteiger partial charge on any atom is -0.497 e. The van der Waals surface area contributed by atoms with Gasteiger partial charge in [-0.05, 0) is 68.0 Å². The summed E-state index contributed by atoms with van der Waals surface area (Å²) in [5.74, 6) is 1.84. The first-order chi connectivity index (χ1) is 13.6. The van der Waals surface area contributed by atoms with E-state index in [4.69, 9.17) is 9.72 Å². The zero-order valence-electron chi connectivity index (χ0n) is 17.0. The molecule has 0 bridgehead atoms. The first-order valence-corrected chi connectivity index (χ1v) is 10.6. The van der Waals surface area contributed by atoms with Gasteiger partial charge in [-0.1, -0.05) is 25.0 Å². The van der Waals surface area contributed by atoms with Gasteiger partial charge in [0.05, 0.1) is 7.11 Å². The molecule has 4 nitrogen and oxygen atoms in total. The van der Waals surface area contributed by atoms with Crippen LogP contribution in [0.1, 0.15) is 55.8 Å². The molecule has 1 atom stereocenters. The number of ether oxygens (including phenoxy) is 1. The highest BCUT2D eigenvalue weighted by Gasteiger charge is 2.31. The number of aromatic nitrogens is 1. The van der Waals surface area contributed by atoms with Crippen LogP contribution in [0.4, 0.5) is 0 Å². The maximum absolute atomic E-state index is 12.9. The molecule has 0 unspecified atom stereocenters. The third-order valence-corrected chi connectivity index (χ3v) is 6.25. The van der Waals surface area contributed by atoms with Gasteiger partial charge in [0.2, 0.25) is 5.91 Å². The second-order valence-corrected chi connectivity index (χ2v) is 8.26. The number of amides is 1. The first-order valence-electron chi connectivity index (χ1n) is 10.6. The fourth-order valence-electron chi connectivity index (χ4n) is 4.70. The molecule has 0 radical (unpaired) electrons. The summed E-state index contributed by atoms with van der Waals surface area (Å²) in [5.41, 5.74) is 4.50. The Hall–Kier alpha value is -2.36. The standard InChI is InChI=1S/C24H30N2O2/c1-17-14-21(18-9-11-22(28-2)12-10-18)15-23(25-17)20-8-5-13-26(16-20)24(27)19-6-3-4-7-19/h9-12,14-15,19-20H,3-8,13,16H2,1-2H3/t20-/m0/s1. The number of methoxy groups -OCH3 is 1. The van der Waals surface area contributed by atoms with Crippen LogP contribution >= 0.6 is 0 Å². The number of nitrogens with zero attached hydrogens (tertiary/aromatic N) is 2. The summed E-state index contributed by atoms with van der Waals surface area (Å²) >= 11 is 0. The average molecular weight is 379 g/mol. The number of aryl methyl sites for hydroxylation is 1. The van der Waals surface area contributed by atoms with Crippen LogP contribution in [0.15, 0.2) is 36.4 Å². The van der Waals surface area contributed by atoms with E-state index in [1.54, 1.807) is 7.11 Å². The van der Waals surface area contributed by atoms with Crippen molar-refractivity contribution in [3.05, 3.63) is 47.8 Å². The number of likely N-dealkylation sites (tertiary alicyclic amines) is 1. The van der Waals surface area contributed by atoms with Crippen LogP contribution in [0.5, 0.6) is 5.75 Å². The van der Waals surface area contributed by atoms with Gasteiger partial charge >= 0.3 is 0 Å². The minimum absolute atomic E-state index is 0.263. The number of hydrogen-bond acceptors (Lipinski definition) is 3. The normalized spacial score (nSPS) is 20.4. The van der Waals surface area contributed by atoms with E-state index in [9.17, 15) is 4.79 Å². The molecule has 1 saturated heterocycles. The van der Waals surface area contributed by atoms with Crippen LogP contribution in [0, 0.1) is 12.8 Å². The summed E-state index contributed by atoms with van der Waals surface area (Å²) in [4.78, 5) is 19.8. The molecule has 2 heterocycles. The Kier molecular flexibility index (Phi) is 5.65. The lowest BCUT2D eigenvalue weighted by molar-refractivity contribution is -0.136. The largest absolute Gasteiger partial charge is 0.497 e. The number of piperidine rings is 1. The number of carbonyl (C=O) groups excluding carboxylic acids is 1. The molecule has 148 valence electrons. The highest BCUT2D eigenvalue weighted by molar-refractivity contribution is 5.79. The highest BCUT2D eigenvalue weighted by atomic mass is 16.5. The van der Waals surface area contributed by atoms with E-state index in [0.29, 0.717) is 11.8 Å².